The topological polar surface area (TPSA) is 99.5 Å². The second-order valence-corrected chi connectivity index (χ2v) is 10.2. The lowest BCUT2D eigenvalue weighted by atomic mass is 10.2. The molecule has 1 heterocycles. The fourth-order valence-corrected chi connectivity index (χ4v) is 5.26. The molecule has 3 rings (SSSR count). The van der Waals surface area contributed by atoms with E-state index < -0.39 is 15.9 Å². The van der Waals surface area contributed by atoms with Crippen LogP contribution in [0.15, 0.2) is 53.4 Å². The molecule has 1 amide bonds. The van der Waals surface area contributed by atoms with Crippen molar-refractivity contribution in [3.05, 3.63) is 69.6 Å². The fourth-order valence-electron chi connectivity index (χ4n) is 2.89. The summed E-state index contributed by atoms with van der Waals surface area (Å²) >= 11 is 7.49. The summed E-state index contributed by atoms with van der Waals surface area (Å²) in [7, 11) is -1.02. The number of anilines is 2. The average Bonchev–Trinajstić information content (AvgIpc) is 3.20. The van der Waals surface area contributed by atoms with Gasteiger partial charge in [-0.1, -0.05) is 18.5 Å². The molecule has 0 bridgehead atoms. The van der Waals surface area contributed by atoms with Gasteiger partial charge in [0.15, 0.2) is 0 Å². The lowest BCUT2D eigenvalue weighted by Gasteiger charge is -2.20. The third-order valence-corrected chi connectivity index (χ3v) is 8.06. The third-order valence-electron chi connectivity index (χ3n) is 4.76. The van der Waals surface area contributed by atoms with Gasteiger partial charge in [-0.05, 0) is 55.0 Å². The van der Waals surface area contributed by atoms with Crippen molar-refractivity contribution >= 4 is 49.6 Å². The molecule has 0 aliphatic carbocycles. The van der Waals surface area contributed by atoms with Crippen molar-refractivity contribution in [2.45, 2.75) is 18.2 Å². The van der Waals surface area contributed by atoms with E-state index in [2.05, 4.69) is 5.32 Å². The zero-order valence-corrected chi connectivity index (χ0v) is 19.9. The smallest absolute Gasteiger partial charge is 0.264 e. The number of carbonyl (C=O) groups is 1. The summed E-state index contributed by atoms with van der Waals surface area (Å²) in [5, 5.41) is 12.5. The maximum absolute atomic E-state index is 13.2. The normalized spacial score (nSPS) is 11.0. The SMILES string of the molecule is CCc1cc(C#N)c(NC(=O)c2cc(S(=O)(=O)N(C)c3ccc(OC)cc3)ccc2Cl)s1. The van der Waals surface area contributed by atoms with E-state index in [9.17, 15) is 18.5 Å². The molecule has 10 heteroatoms. The van der Waals surface area contributed by atoms with Gasteiger partial charge in [-0.2, -0.15) is 5.26 Å². The number of sulfonamides is 1. The number of nitrogens with one attached hydrogen (secondary N) is 1. The number of thiophene rings is 1. The van der Waals surface area contributed by atoms with E-state index >= 15 is 0 Å². The van der Waals surface area contributed by atoms with Gasteiger partial charge in [-0.25, -0.2) is 8.42 Å². The number of hydrogen-bond donors (Lipinski definition) is 1. The zero-order chi connectivity index (χ0) is 23.5. The number of aryl methyl sites for hydroxylation is 1. The number of benzene rings is 2. The minimum Gasteiger partial charge on any atom is -0.497 e. The first-order valence-corrected chi connectivity index (χ1v) is 12.1. The Hall–Kier alpha value is -3.06. The number of hydrogen-bond acceptors (Lipinski definition) is 6. The van der Waals surface area contributed by atoms with E-state index in [1.165, 1.54) is 43.7 Å². The molecule has 0 saturated heterocycles. The van der Waals surface area contributed by atoms with E-state index in [1.807, 2.05) is 13.0 Å². The van der Waals surface area contributed by atoms with Gasteiger partial charge in [0, 0.05) is 11.9 Å². The lowest BCUT2D eigenvalue weighted by molar-refractivity contribution is 0.102. The summed E-state index contributed by atoms with van der Waals surface area (Å²) in [4.78, 5) is 13.7. The summed E-state index contributed by atoms with van der Waals surface area (Å²) in [6.07, 6.45) is 0.724. The average molecular weight is 490 g/mol. The molecule has 2 aromatic carbocycles. The summed E-state index contributed by atoms with van der Waals surface area (Å²) < 4.78 is 32.5. The molecular weight excluding hydrogens is 470 g/mol. The maximum atomic E-state index is 13.2. The van der Waals surface area contributed by atoms with Crippen LogP contribution in [0.2, 0.25) is 5.02 Å². The standard InChI is InChI=1S/C22H20ClN3O4S2/c1-4-17-11-14(13-24)22(31-17)25-21(27)19-12-18(9-10-20(19)23)32(28,29)26(2)15-5-7-16(30-3)8-6-15/h5-12H,4H2,1-3H3,(H,25,27). The molecule has 1 N–H and O–H groups in total. The van der Waals surface area contributed by atoms with Crippen molar-refractivity contribution in [2.24, 2.45) is 0 Å². The highest BCUT2D eigenvalue weighted by Gasteiger charge is 2.24. The highest BCUT2D eigenvalue weighted by Crippen LogP contribution is 2.31. The summed E-state index contributed by atoms with van der Waals surface area (Å²) in [5.74, 6) is 0.00157. The van der Waals surface area contributed by atoms with Crippen LogP contribution in [0.3, 0.4) is 0 Å². The Morgan fingerprint density at radius 2 is 1.91 bits per heavy atom. The molecule has 0 atom stereocenters. The molecule has 3 aromatic rings. The number of nitriles is 1. The van der Waals surface area contributed by atoms with Crippen molar-refractivity contribution in [1.29, 1.82) is 5.26 Å². The number of carbonyl (C=O) groups excluding carboxylic acids is 1. The number of halogens is 1. The molecule has 32 heavy (non-hydrogen) atoms. The van der Waals surface area contributed by atoms with Crippen LogP contribution in [0, 0.1) is 11.3 Å². The van der Waals surface area contributed by atoms with Crippen LogP contribution in [0.1, 0.15) is 27.7 Å². The Labute approximate surface area is 195 Å². The molecule has 0 unspecified atom stereocenters. The van der Waals surface area contributed by atoms with Crippen LogP contribution in [0.4, 0.5) is 10.7 Å². The van der Waals surface area contributed by atoms with Crippen LogP contribution in [0.25, 0.3) is 0 Å². The van der Waals surface area contributed by atoms with Gasteiger partial charge in [-0.3, -0.25) is 9.10 Å². The Bertz CT molecular complexity index is 1300. The minimum absolute atomic E-state index is 0.00814. The minimum atomic E-state index is -3.97. The van der Waals surface area contributed by atoms with E-state index in [0.717, 1.165) is 15.6 Å². The number of ether oxygens (including phenoxy) is 1. The van der Waals surface area contributed by atoms with Crippen LogP contribution in [-0.2, 0) is 16.4 Å². The Kier molecular flexibility index (Phi) is 7.09. The lowest BCUT2D eigenvalue weighted by Crippen LogP contribution is -2.27. The fraction of sp³-hybridized carbons (Fsp3) is 0.182. The van der Waals surface area contributed by atoms with Crippen molar-refractivity contribution in [3.8, 4) is 11.8 Å². The van der Waals surface area contributed by atoms with E-state index in [1.54, 1.807) is 30.3 Å². The van der Waals surface area contributed by atoms with Gasteiger partial charge in [-0.15, -0.1) is 11.3 Å². The van der Waals surface area contributed by atoms with Gasteiger partial charge in [0.1, 0.15) is 16.8 Å². The van der Waals surface area contributed by atoms with Crippen molar-refractivity contribution in [3.63, 3.8) is 0 Å². The summed E-state index contributed by atoms with van der Waals surface area (Å²) in [5.41, 5.74) is 0.765. The second-order valence-electron chi connectivity index (χ2n) is 6.69. The Morgan fingerprint density at radius 3 is 2.50 bits per heavy atom. The van der Waals surface area contributed by atoms with Crippen LogP contribution in [0.5, 0.6) is 5.75 Å². The predicted molar refractivity (Wildman–Crippen MR) is 126 cm³/mol. The molecule has 0 aliphatic heterocycles. The molecular formula is C22H20ClN3O4S2. The molecule has 0 saturated carbocycles. The van der Waals surface area contributed by atoms with Gasteiger partial charge in [0.2, 0.25) is 0 Å². The molecule has 7 nitrogen and oxygen atoms in total. The first-order chi connectivity index (χ1) is 15.2. The van der Waals surface area contributed by atoms with Gasteiger partial charge >= 0.3 is 0 Å². The van der Waals surface area contributed by atoms with E-state index in [4.69, 9.17) is 16.3 Å². The van der Waals surface area contributed by atoms with Crippen molar-refractivity contribution < 1.29 is 17.9 Å². The number of amides is 1. The highest BCUT2D eigenvalue weighted by atomic mass is 35.5. The quantitative estimate of drug-likeness (QED) is 0.507. The largest absolute Gasteiger partial charge is 0.497 e. The molecule has 0 fully saturated rings. The van der Waals surface area contributed by atoms with E-state index in [-0.39, 0.29) is 15.5 Å². The zero-order valence-electron chi connectivity index (χ0n) is 17.5. The second kappa shape index (κ2) is 9.61. The first kappa shape index (κ1) is 23.6. The molecule has 0 spiro atoms. The molecule has 0 radical (unpaired) electrons. The van der Waals surface area contributed by atoms with Crippen LogP contribution < -0.4 is 14.4 Å². The molecule has 166 valence electrons. The molecule has 1 aromatic heterocycles. The highest BCUT2D eigenvalue weighted by molar-refractivity contribution is 7.92. The van der Waals surface area contributed by atoms with Gasteiger partial charge in [0.25, 0.3) is 15.9 Å². The Balaban J connectivity index is 1.92. The number of rotatable bonds is 7. The summed E-state index contributed by atoms with van der Waals surface area (Å²) in [6.45, 7) is 1.95. The number of methoxy groups -OCH3 is 1. The summed E-state index contributed by atoms with van der Waals surface area (Å²) in [6, 6.07) is 14.2. The van der Waals surface area contributed by atoms with Crippen molar-refractivity contribution in [2.75, 3.05) is 23.8 Å². The van der Waals surface area contributed by atoms with Crippen molar-refractivity contribution in [1.82, 2.24) is 0 Å². The Morgan fingerprint density at radius 1 is 1.22 bits per heavy atom. The third kappa shape index (κ3) is 4.72. The van der Waals surface area contributed by atoms with E-state index in [0.29, 0.717) is 22.0 Å². The van der Waals surface area contributed by atoms with Crippen LogP contribution >= 0.6 is 22.9 Å². The van der Waals surface area contributed by atoms with Gasteiger partial charge in [0.05, 0.1) is 33.8 Å². The van der Waals surface area contributed by atoms with Gasteiger partial charge < -0.3 is 10.1 Å². The molecule has 0 aliphatic rings. The first-order valence-electron chi connectivity index (χ1n) is 9.48. The predicted octanol–water partition coefficient (Wildman–Crippen LogP) is 4.92. The maximum Gasteiger partial charge on any atom is 0.264 e. The monoisotopic (exact) mass is 489 g/mol. The van der Waals surface area contributed by atoms with Crippen LogP contribution in [-0.4, -0.2) is 28.5 Å². The number of nitrogens with zero attached hydrogens (tertiary/aromatic N) is 2.